The number of ketones is 1. The van der Waals surface area contributed by atoms with E-state index < -0.39 is 24.7 Å². The number of phenolic OH excluding ortho intramolecular Hbond substituents is 1. The first-order chi connectivity index (χ1) is 20.3. The lowest BCUT2D eigenvalue weighted by Crippen LogP contribution is -2.47. The fourth-order valence-corrected chi connectivity index (χ4v) is 10.1. The van der Waals surface area contributed by atoms with Crippen molar-refractivity contribution in [2.24, 2.45) is 28.6 Å². The zero-order valence-electron chi connectivity index (χ0n) is 25.2. The van der Waals surface area contributed by atoms with Crippen molar-refractivity contribution in [3.05, 3.63) is 29.3 Å². The third kappa shape index (κ3) is 6.36. The number of benzene rings is 1. The van der Waals surface area contributed by atoms with Gasteiger partial charge in [-0.25, -0.2) is 4.39 Å². The van der Waals surface area contributed by atoms with Crippen molar-refractivity contribution in [2.45, 2.75) is 127 Å². The predicted octanol–water partition coefficient (Wildman–Crippen LogP) is 10.7. The molecule has 1 aromatic carbocycles. The zero-order valence-corrected chi connectivity index (χ0v) is 26.0. The van der Waals surface area contributed by atoms with Gasteiger partial charge in [0.15, 0.2) is 0 Å². The topological polar surface area (TPSA) is 37.3 Å². The van der Waals surface area contributed by atoms with Gasteiger partial charge in [0.05, 0.1) is 0 Å². The van der Waals surface area contributed by atoms with Gasteiger partial charge in [-0.05, 0) is 109 Å². The van der Waals surface area contributed by atoms with Gasteiger partial charge >= 0.3 is 12.1 Å². The van der Waals surface area contributed by atoms with Crippen molar-refractivity contribution in [2.75, 3.05) is 11.5 Å². The Morgan fingerprint density at radius 3 is 2.23 bits per heavy atom. The molecule has 0 aromatic heterocycles. The molecule has 1 spiro atoms. The minimum atomic E-state index is -5.47. The molecular formula is C34H46F6O2S. The lowest BCUT2D eigenvalue weighted by atomic mass is 9.50. The SMILES string of the molecule is C[C@]12CCC3c4ccc(O)cc4[C@H](F)[C@@H](CCCCCCCCCSCCCC(F)(F)C(F)(F)F)C3C1CC(=O)C21CC1. The number of carbonyl (C=O) groups is 1. The second-order valence-electron chi connectivity index (χ2n) is 14.0. The normalized spacial score (nSPS) is 31.1. The first kappa shape index (κ1) is 33.0. The highest BCUT2D eigenvalue weighted by atomic mass is 32.2. The summed E-state index contributed by atoms with van der Waals surface area (Å²) in [6, 6.07) is 5.22. The highest BCUT2D eigenvalue weighted by Crippen LogP contribution is 2.75. The van der Waals surface area contributed by atoms with E-state index in [-0.39, 0.29) is 46.7 Å². The molecule has 0 heterocycles. The third-order valence-electron chi connectivity index (χ3n) is 11.7. The molecule has 43 heavy (non-hydrogen) atoms. The van der Waals surface area contributed by atoms with Crippen molar-refractivity contribution in [3.8, 4) is 5.75 Å². The van der Waals surface area contributed by atoms with Crippen LogP contribution in [0.25, 0.3) is 0 Å². The second kappa shape index (κ2) is 12.8. The summed E-state index contributed by atoms with van der Waals surface area (Å²) in [7, 11) is 0. The summed E-state index contributed by atoms with van der Waals surface area (Å²) < 4.78 is 78.9. The molecule has 3 unspecified atom stereocenters. The van der Waals surface area contributed by atoms with E-state index in [1.165, 1.54) is 11.8 Å². The average Bonchev–Trinajstić information content (AvgIpc) is 3.73. The molecule has 2 nitrogen and oxygen atoms in total. The van der Waals surface area contributed by atoms with Gasteiger partial charge in [0, 0.05) is 18.3 Å². The summed E-state index contributed by atoms with van der Waals surface area (Å²) >= 11 is 1.43. The molecule has 9 heteroatoms. The van der Waals surface area contributed by atoms with Crippen LogP contribution in [0.1, 0.15) is 126 Å². The fourth-order valence-electron chi connectivity index (χ4n) is 9.15. The van der Waals surface area contributed by atoms with Gasteiger partial charge in [0.25, 0.3) is 0 Å². The molecule has 5 rings (SSSR count). The largest absolute Gasteiger partial charge is 0.508 e. The molecule has 0 radical (unpaired) electrons. The molecule has 4 aliphatic rings. The molecule has 6 atom stereocenters. The number of halogens is 6. The van der Waals surface area contributed by atoms with E-state index >= 15 is 4.39 Å². The molecule has 242 valence electrons. The Balaban J connectivity index is 1.05. The summed E-state index contributed by atoms with van der Waals surface area (Å²) in [6.45, 7) is 2.31. The number of rotatable bonds is 14. The fraction of sp³-hybridized carbons (Fsp3) is 0.794. The Kier molecular flexibility index (Phi) is 9.81. The lowest BCUT2D eigenvalue weighted by molar-refractivity contribution is -0.284. The highest BCUT2D eigenvalue weighted by Gasteiger charge is 2.72. The van der Waals surface area contributed by atoms with Crippen molar-refractivity contribution in [1.29, 1.82) is 0 Å². The third-order valence-corrected chi connectivity index (χ3v) is 12.8. The van der Waals surface area contributed by atoms with E-state index in [2.05, 4.69) is 6.92 Å². The van der Waals surface area contributed by atoms with Crippen LogP contribution in [-0.4, -0.2) is 34.5 Å². The summed E-state index contributed by atoms with van der Waals surface area (Å²) in [5.41, 5.74) is 1.50. The number of phenols is 1. The molecule has 0 amide bonds. The first-order valence-electron chi connectivity index (χ1n) is 16.3. The van der Waals surface area contributed by atoms with Crippen LogP contribution in [0.5, 0.6) is 5.75 Å². The summed E-state index contributed by atoms with van der Waals surface area (Å²) in [6.07, 6.45) is 4.48. The van der Waals surface area contributed by atoms with E-state index in [1.807, 2.05) is 6.07 Å². The molecule has 0 bridgehead atoms. The molecule has 4 aliphatic carbocycles. The Bertz CT molecular complexity index is 1130. The van der Waals surface area contributed by atoms with Crippen molar-refractivity contribution < 1.29 is 36.2 Å². The minimum absolute atomic E-state index is 0.0237. The van der Waals surface area contributed by atoms with Crippen molar-refractivity contribution in [3.63, 3.8) is 0 Å². The van der Waals surface area contributed by atoms with E-state index in [1.54, 1.807) is 12.1 Å². The Morgan fingerprint density at radius 2 is 1.56 bits per heavy atom. The van der Waals surface area contributed by atoms with Crippen molar-refractivity contribution in [1.82, 2.24) is 0 Å². The van der Waals surface area contributed by atoms with Crippen LogP contribution >= 0.6 is 11.8 Å². The smallest absolute Gasteiger partial charge is 0.453 e. The van der Waals surface area contributed by atoms with E-state index in [9.17, 15) is 31.9 Å². The molecule has 1 N–H and O–H groups in total. The van der Waals surface area contributed by atoms with Gasteiger partial charge < -0.3 is 5.11 Å². The number of fused-ring (bicyclic) bond motifs is 6. The number of hydrogen-bond donors (Lipinski definition) is 1. The highest BCUT2D eigenvalue weighted by molar-refractivity contribution is 7.99. The van der Waals surface area contributed by atoms with Crippen LogP contribution in [0.4, 0.5) is 26.3 Å². The maximum absolute atomic E-state index is 16.3. The number of aromatic hydroxyl groups is 1. The van der Waals surface area contributed by atoms with Gasteiger partial charge in [0.1, 0.15) is 17.7 Å². The number of carbonyl (C=O) groups excluding carboxylic acids is 1. The monoisotopic (exact) mass is 632 g/mol. The first-order valence-corrected chi connectivity index (χ1v) is 17.5. The van der Waals surface area contributed by atoms with Gasteiger partial charge in [-0.15, -0.1) is 0 Å². The second-order valence-corrected chi connectivity index (χ2v) is 15.2. The number of hydrogen-bond acceptors (Lipinski definition) is 3. The Morgan fingerprint density at radius 1 is 0.907 bits per heavy atom. The van der Waals surface area contributed by atoms with Gasteiger partial charge in [0.2, 0.25) is 0 Å². The van der Waals surface area contributed by atoms with Crippen LogP contribution in [0.3, 0.4) is 0 Å². The van der Waals surface area contributed by atoms with E-state index in [4.69, 9.17) is 0 Å². The zero-order chi connectivity index (χ0) is 31.0. The maximum atomic E-state index is 16.3. The molecular weight excluding hydrogens is 586 g/mol. The lowest BCUT2D eigenvalue weighted by Gasteiger charge is -2.54. The van der Waals surface area contributed by atoms with Crippen LogP contribution in [0.2, 0.25) is 0 Å². The Labute approximate surface area is 256 Å². The van der Waals surface area contributed by atoms with Gasteiger partial charge in [-0.2, -0.15) is 33.7 Å². The maximum Gasteiger partial charge on any atom is 0.453 e. The van der Waals surface area contributed by atoms with Gasteiger partial charge in [-0.1, -0.05) is 51.5 Å². The van der Waals surface area contributed by atoms with E-state index in [0.717, 1.165) is 88.4 Å². The minimum Gasteiger partial charge on any atom is -0.508 e. The molecule has 0 saturated heterocycles. The number of unbranched alkanes of at least 4 members (excludes halogenated alkanes) is 6. The van der Waals surface area contributed by atoms with Crippen molar-refractivity contribution >= 4 is 17.5 Å². The number of Topliss-reactive ketones (excluding diaryl/α,β-unsaturated/α-hetero) is 1. The Hall–Kier alpha value is -1.38. The van der Waals surface area contributed by atoms with Crippen LogP contribution in [0, 0.1) is 28.6 Å². The summed E-state index contributed by atoms with van der Waals surface area (Å²) in [5.74, 6) is -2.52. The molecule has 1 aromatic rings. The predicted molar refractivity (Wildman–Crippen MR) is 158 cm³/mol. The molecule has 3 saturated carbocycles. The quantitative estimate of drug-likeness (QED) is 0.164. The van der Waals surface area contributed by atoms with E-state index in [0.29, 0.717) is 23.5 Å². The molecule has 0 aliphatic heterocycles. The van der Waals surface area contributed by atoms with Crippen LogP contribution < -0.4 is 0 Å². The summed E-state index contributed by atoms with van der Waals surface area (Å²) in [4.78, 5) is 13.2. The van der Waals surface area contributed by atoms with Crippen LogP contribution in [0.15, 0.2) is 18.2 Å². The molecule has 3 fully saturated rings. The average molecular weight is 633 g/mol. The standard InChI is InChI=1S/C34H46F6O2S/c1-31-15-13-24-23-12-11-22(41)20-26(23)30(35)25(29(24)27(31)21-28(42)32(31)16-17-32)10-7-5-3-2-4-6-8-18-43-19-9-14-33(36,37)34(38,39)40/h11-12,20,24-25,27,29-30,41H,2-10,13-19,21H2,1H3/t24?,25-,27?,29?,30+,31-/m0/s1. The number of thioether (sulfide) groups is 1. The summed E-state index contributed by atoms with van der Waals surface area (Å²) in [5, 5.41) is 10.2. The van der Waals surface area contributed by atoms with Gasteiger partial charge in [-0.3, -0.25) is 4.79 Å². The number of alkyl halides is 6. The van der Waals surface area contributed by atoms with Crippen LogP contribution in [-0.2, 0) is 4.79 Å².